The third-order valence-corrected chi connectivity index (χ3v) is 4.85. The van der Waals surface area contributed by atoms with Crippen molar-refractivity contribution in [2.75, 3.05) is 20.2 Å². The Kier molecular flexibility index (Phi) is 4.60. The number of rotatable bonds is 2. The fourth-order valence-corrected chi connectivity index (χ4v) is 3.45. The van der Waals surface area contributed by atoms with Crippen molar-refractivity contribution in [3.63, 3.8) is 0 Å². The minimum atomic E-state index is -0.215. The molecule has 1 aromatic heterocycles. The number of esters is 1. The molecule has 1 aliphatic rings. The van der Waals surface area contributed by atoms with Crippen molar-refractivity contribution in [2.45, 2.75) is 12.8 Å². The lowest BCUT2D eigenvalue weighted by molar-refractivity contribution is -0.146. The summed E-state index contributed by atoms with van der Waals surface area (Å²) in [7, 11) is 1.39. The second-order valence-electron chi connectivity index (χ2n) is 4.25. The maximum atomic E-state index is 12.2. The molecule has 0 aliphatic carbocycles. The van der Waals surface area contributed by atoms with Crippen LogP contribution in [0.5, 0.6) is 0 Å². The molecule has 98 valence electrons. The molecule has 2 rings (SSSR count). The van der Waals surface area contributed by atoms with E-state index in [1.807, 2.05) is 11.4 Å². The fourth-order valence-electron chi connectivity index (χ4n) is 2.13. The third-order valence-electron chi connectivity index (χ3n) is 3.06. The summed E-state index contributed by atoms with van der Waals surface area (Å²) < 4.78 is 5.85. The van der Waals surface area contributed by atoms with Gasteiger partial charge in [0.2, 0.25) is 0 Å². The second kappa shape index (κ2) is 6.01. The molecule has 0 bridgehead atoms. The van der Waals surface area contributed by atoms with E-state index in [0.717, 1.165) is 27.8 Å². The van der Waals surface area contributed by atoms with Crippen LogP contribution in [0.3, 0.4) is 0 Å². The van der Waals surface area contributed by atoms with Gasteiger partial charge in [-0.25, -0.2) is 0 Å². The smallest absolute Gasteiger partial charge is 0.310 e. The first kappa shape index (κ1) is 13.8. The molecule has 4 nitrogen and oxygen atoms in total. The van der Waals surface area contributed by atoms with Crippen LogP contribution in [0.15, 0.2) is 11.4 Å². The van der Waals surface area contributed by atoms with Crippen molar-refractivity contribution in [1.82, 2.24) is 4.90 Å². The van der Waals surface area contributed by atoms with Gasteiger partial charge in [-0.1, -0.05) is 0 Å². The number of carbonyl (C=O) groups is 2. The number of likely N-dealkylation sites (tertiary alicyclic amines) is 1. The standard InChI is InChI=1S/C12H14INO3S/c1-17-12(16)8-3-2-4-14(6-8)11(15)9-5-10(13)18-7-9/h5,7-8H,2-4,6H2,1H3. The second-order valence-corrected chi connectivity index (χ2v) is 7.06. The first-order valence-electron chi connectivity index (χ1n) is 5.73. The van der Waals surface area contributed by atoms with Gasteiger partial charge in [0.1, 0.15) is 0 Å². The van der Waals surface area contributed by atoms with Gasteiger partial charge >= 0.3 is 5.97 Å². The molecule has 0 radical (unpaired) electrons. The van der Waals surface area contributed by atoms with Crippen LogP contribution in [0.2, 0.25) is 0 Å². The lowest BCUT2D eigenvalue weighted by Crippen LogP contribution is -2.42. The van der Waals surface area contributed by atoms with E-state index in [2.05, 4.69) is 22.6 Å². The number of ether oxygens (including phenoxy) is 1. The average molecular weight is 379 g/mol. The van der Waals surface area contributed by atoms with Gasteiger partial charge in [-0.3, -0.25) is 9.59 Å². The molecule has 0 N–H and O–H groups in total. The molecule has 0 saturated carbocycles. The van der Waals surface area contributed by atoms with E-state index >= 15 is 0 Å². The Morgan fingerprint density at radius 3 is 2.94 bits per heavy atom. The zero-order valence-electron chi connectivity index (χ0n) is 10.0. The van der Waals surface area contributed by atoms with Crippen LogP contribution in [0, 0.1) is 8.80 Å². The average Bonchev–Trinajstić information content (AvgIpc) is 2.83. The molecule has 1 saturated heterocycles. The molecule has 1 fully saturated rings. The molecule has 0 aromatic carbocycles. The van der Waals surface area contributed by atoms with Gasteiger partial charge in [0.05, 0.1) is 21.5 Å². The van der Waals surface area contributed by atoms with Gasteiger partial charge in [-0.05, 0) is 41.5 Å². The minimum Gasteiger partial charge on any atom is -0.469 e. The van der Waals surface area contributed by atoms with E-state index in [-0.39, 0.29) is 17.8 Å². The monoisotopic (exact) mass is 379 g/mol. The summed E-state index contributed by atoms with van der Waals surface area (Å²) >= 11 is 3.76. The highest BCUT2D eigenvalue weighted by molar-refractivity contribution is 14.1. The normalized spacial score (nSPS) is 19.7. The predicted octanol–water partition coefficient (Wildman–Crippen LogP) is 2.38. The zero-order chi connectivity index (χ0) is 13.1. The van der Waals surface area contributed by atoms with Crippen molar-refractivity contribution in [3.05, 3.63) is 19.9 Å². The van der Waals surface area contributed by atoms with E-state index in [1.165, 1.54) is 7.11 Å². The number of halogens is 1. The molecule has 1 atom stereocenters. The molecular formula is C12H14INO3S. The van der Waals surface area contributed by atoms with E-state index in [0.29, 0.717) is 6.54 Å². The summed E-state index contributed by atoms with van der Waals surface area (Å²) in [5.74, 6) is -0.374. The Balaban J connectivity index is 2.05. The Labute approximate surface area is 123 Å². The topological polar surface area (TPSA) is 46.6 Å². The molecule has 18 heavy (non-hydrogen) atoms. The highest BCUT2D eigenvalue weighted by Gasteiger charge is 2.29. The van der Waals surface area contributed by atoms with Crippen LogP contribution in [-0.4, -0.2) is 37.0 Å². The summed E-state index contributed by atoms with van der Waals surface area (Å²) in [4.78, 5) is 25.5. The quantitative estimate of drug-likeness (QED) is 0.586. The fraction of sp³-hybridized carbons (Fsp3) is 0.500. The number of hydrogen-bond donors (Lipinski definition) is 0. The van der Waals surface area contributed by atoms with Crippen molar-refractivity contribution in [2.24, 2.45) is 5.92 Å². The van der Waals surface area contributed by atoms with Gasteiger partial charge in [0.15, 0.2) is 0 Å². The highest BCUT2D eigenvalue weighted by atomic mass is 127. The highest BCUT2D eigenvalue weighted by Crippen LogP contribution is 2.22. The molecule has 1 unspecified atom stereocenters. The van der Waals surface area contributed by atoms with E-state index < -0.39 is 0 Å². The molecular weight excluding hydrogens is 365 g/mol. The van der Waals surface area contributed by atoms with Crippen LogP contribution in [0.25, 0.3) is 0 Å². The SMILES string of the molecule is COC(=O)C1CCCN(C(=O)c2csc(I)c2)C1. The minimum absolute atomic E-state index is 0.0165. The van der Waals surface area contributed by atoms with Crippen molar-refractivity contribution >= 4 is 45.8 Å². The van der Waals surface area contributed by atoms with Gasteiger partial charge in [0.25, 0.3) is 5.91 Å². The van der Waals surface area contributed by atoms with Gasteiger partial charge in [-0.2, -0.15) is 0 Å². The largest absolute Gasteiger partial charge is 0.469 e. The number of amides is 1. The summed E-state index contributed by atoms with van der Waals surface area (Å²) in [5.41, 5.74) is 0.718. The molecule has 6 heteroatoms. The number of nitrogens with zero attached hydrogens (tertiary/aromatic N) is 1. The lowest BCUT2D eigenvalue weighted by Gasteiger charge is -2.31. The first-order valence-corrected chi connectivity index (χ1v) is 7.69. The van der Waals surface area contributed by atoms with Crippen LogP contribution < -0.4 is 0 Å². The van der Waals surface area contributed by atoms with Crippen molar-refractivity contribution in [1.29, 1.82) is 0 Å². The number of thiophene rings is 1. The lowest BCUT2D eigenvalue weighted by atomic mass is 9.98. The Hall–Kier alpha value is -0.630. The van der Waals surface area contributed by atoms with E-state index in [9.17, 15) is 9.59 Å². The van der Waals surface area contributed by atoms with Gasteiger partial charge in [-0.15, -0.1) is 11.3 Å². The first-order chi connectivity index (χ1) is 8.61. The Morgan fingerprint density at radius 1 is 1.56 bits per heavy atom. The number of piperidine rings is 1. The van der Waals surface area contributed by atoms with Crippen molar-refractivity contribution in [3.8, 4) is 0 Å². The molecule has 1 amide bonds. The van der Waals surface area contributed by atoms with Crippen LogP contribution >= 0.6 is 33.9 Å². The Bertz CT molecular complexity index is 460. The molecule has 2 heterocycles. The molecule has 1 aliphatic heterocycles. The predicted molar refractivity (Wildman–Crippen MR) is 77.7 cm³/mol. The van der Waals surface area contributed by atoms with E-state index in [1.54, 1.807) is 16.2 Å². The molecule has 1 aromatic rings. The van der Waals surface area contributed by atoms with Crippen molar-refractivity contribution < 1.29 is 14.3 Å². The molecule has 0 spiro atoms. The van der Waals surface area contributed by atoms with Crippen LogP contribution in [-0.2, 0) is 9.53 Å². The van der Waals surface area contributed by atoms with Gasteiger partial charge in [0, 0.05) is 18.5 Å². The Morgan fingerprint density at radius 2 is 2.33 bits per heavy atom. The van der Waals surface area contributed by atoms with Crippen LogP contribution in [0.1, 0.15) is 23.2 Å². The maximum absolute atomic E-state index is 12.2. The summed E-state index contributed by atoms with van der Waals surface area (Å²) in [5, 5.41) is 1.87. The number of methoxy groups -OCH3 is 1. The number of carbonyl (C=O) groups excluding carboxylic acids is 2. The van der Waals surface area contributed by atoms with E-state index in [4.69, 9.17) is 4.74 Å². The summed E-state index contributed by atoms with van der Waals surface area (Å²) in [6, 6.07) is 1.88. The zero-order valence-corrected chi connectivity index (χ0v) is 13.0. The third kappa shape index (κ3) is 3.03. The maximum Gasteiger partial charge on any atom is 0.310 e. The van der Waals surface area contributed by atoms with Gasteiger partial charge < -0.3 is 9.64 Å². The summed E-state index contributed by atoms with van der Waals surface area (Å²) in [6.07, 6.45) is 1.66. The van der Waals surface area contributed by atoms with Crippen LogP contribution in [0.4, 0.5) is 0 Å². The number of hydrogen-bond acceptors (Lipinski definition) is 4. The summed E-state index contributed by atoms with van der Waals surface area (Å²) in [6.45, 7) is 1.19.